The molecule has 7 heteroatoms. The van der Waals surface area contributed by atoms with E-state index in [4.69, 9.17) is 9.68 Å². The Kier molecular flexibility index (Phi) is 3.49. The first-order valence-electron chi connectivity index (χ1n) is 6.51. The van der Waals surface area contributed by atoms with Crippen molar-refractivity contribution in [3.8, 4) is 6.07 Å². The van der Waals surface area contributed by atoms with Crippen molar-refractivity contribution in [3.63, 3.8) is 0 Å². The highest BCUT2D eigenvalue weighted by Crippen LogP contribution is 2.33. The number of sulfonamides is 1. The summed E-state index contributed by atoms with van der Waals surface area (Å²) in [5.74, 6) is 0.604. The number of nitriles is 1. The highest BCUT2D eigenvalue weighted by Gasteiger charge is 2.38. The zero-order valence-electron chi connectivity index (χ0n) is 11.1. The maximum atomic E-state index is 12.7. The molecule has 1 aliphatic rings. The van der Waals surface area contributed by atoms with Crippen LogP contribution in [-0.4, -0.2) is 23.7 Å². The number of aromatic nitrogens is 1. The van der Waals surface area contributed by atoms with Crippen molar-refractivity contribution in [1.82, 2.24) is 9.29 Å². The number of rotatable bonds is 5. The first-order chi connectivity index (χ1) is 10.1. The van der Waals surface area contributed by atoms with Crippen LogP contribution in [0, 0.1) is 11.3 Å². The molecule has 21 heavy (non-hydrogen) atoms. The van der Waals surface area contributed by atoms with E-state index in [1.54, 1.807) is 12.1 Å². The first kappa shape index (κ1) is 13.8. The number of hydrogen-bond acceptors (Lipinski definition) is 5. The van der Waals surface area contributed by atoms with Gasteiger partial charge in [-0.15, -0.1) is 0 Å². The lowest BCUT2D eigenvalue weighted by atomic mass is 10.4. The number of nitrogens with zero attached hydrogens (tertiary/aromatic N) is 3. The molecule has 0 atom stereocenters. The quantitative estimate of drug-likeness (QED) is 0.842. The van der Waals surface area contributed by atoms with E-state index in [1.165, 1.54) is 28.9 Å². The SMILES string of the molecule is N#Cc1ccc(S(=O)(=O)N(Cc2ccco2)C2CC2)cn1. The predicted molar refractivity (Wildman–Crippen MR) is 73.4 cm³/mol. The Hall–Kier alpha value is -2.17. The third kappa shape index (κ3) is 2.82. The van der Waals surface area contributed by atoms with Gasteiger partial charge in [-0.25, -0.2) is 13.4 Å². The lowest BCUT2D eigenvalue weighted by Crippen LogP contribution is -2.32. The molecule has 2 heterocycles. The summed E-state index contributed by atoms with van der Waals surface area (Å²) in [5.41, 5.74) is 0.193. The van der Waals surface area contributed by atoms with Crippen LogP contribution in [0.15, 0.2) is 46.0 Å². The highest BCUT2D eigenvalue weighted by molar-refractivity contribution is 7.89. The Labute approximate surface area is 122 Å². The summed E-state index contributed by atoms with van der Waals surface area (Å²) in [4.78, 5) is 3.93. The topological polar surface area (TPSA) is 87.2 Å². The van der Waals surface area contributed by atoms with Gasteiger partial charge in [0.2, 0.25) is 10.0 Å². The third-order valence-electron chi connectivity index (χ3n) is 3.30. The Morgan fingerprint density at radius 2 is 2.19 bits per heavy atom. The molecule has 0 radical (unpaired) electrons. The molecular weight excluding hydrogens is 290 g/mol. The van der Waals surface area contributed by atoms with Crippen LogP contribution in [0.5, 0.6) is 0 Å². The maximum absolute atomic E-state index is 12.7. The van der Waals surface area contributed by atoms with Crippen LogP contribution < -0.4 is 0 Å². The van der Waals surface area contributed by atoms with Crippen molar-refractivity contribution in [2.75, 3.05) is 0 Å². The fourth-order valence-corrected chi connectivity index (χ4v) is 3.66. The fourth-order valence-electron chi connectivity index (χ4n) is 2.06. The highest BCUT2D eigenvalue weighted by atomic mass is 32.2. The maximum Gasteiger partial charge on any atom is 0.245 e. The summed E-state index contributed by atoms with van der Waals surface area (Å²) >= 11 is 0. The molecule has 2 aromatic rings. The van der Waals surface area contributed by atoms with E-state index in [1.807, 2.05) is 6.07 Å². The van der Waals surface area contributed by atoms with Crippen LogP contribution in [-0.2, 0) is 16.6 Å². The summed E-state index contributed by atoms with van der Waals surface area (Å²) in [6.07, 6.45) is 4.45. The standard InChI is InChI=1S/C14H13N3O3S/c15-8-11-3-6-14(9-16-11)21(18,19)17(12-4-5-12)10-13-2-1-7-20-13/h1-3,6-7,9,12H,4-5,10H2. The molecule has 2 aromatic heterocycles. The molecule has 1 saturated carbocycles. The summed E-state index contributed by atoms with van der Waals surface area (Å²) in [5, 5.41) is 8.73. The van der Waals surface area contributed by atoms with E-state index in [-0.39, 0.29) is 23.2 Å². The lowest BCUT2D eigenvalue weighted by Gasteiger charge is -2.20. The van der Waals surface area contributed by atoms with Crippen molar-refractivity contribution in [2.45, 2.75) is 30.3 Å². The van der Waals surface area contributed by atoms with E-state index in [0.29, 0.717) is 5.76 Å². The van der Waals surface area contributed by atoms with Crippen LogP contribution in [0.4, 0.5) is 0 Å². The molecule has 0 N–H and O–H groups in total. The van der Waals surface area contributed by atoms with Crippen molar-refractivity contribution in [2.24, 2.45) is 0 Å². The van der Waals surface area contributed by atoms with Crippen LogP contribution in [0.25, 0.3) is 0 Å². The van der Waals surface area contributed by atoms with E-state index in [2.05, 4.69) is 4.98 Å². The molecular formula is C14H13N3O3S. The van der Waals surface area contributed by atoms with Gasteiger partial charge >= 0.3 is 0 Å². The van der Waals surface area contributed by atoms with Crippen molar-refractivity contribution < 1.29 is 12.8 Å². The van der Waals surface area contributed by atoms with Crippen LogP contribution in [0.3, 0.4) is 0 Å². The molecule has 6 nitrogen and oxygen atoms in total. The zero-order valence-corrected chi connectivity index (χ0v) is 12.0. The van der Waals surface area contributed by atoms with Gasteiger partial charge in [-0.1, -0.05) is 0 Å². The molecule has 0 spiro atoms. The second kappa shape index (κ2) is 5.31. The molecule has 3 rings (SSSR count). The second-order valence-corrected chi connectivity index (χ2v) is 6.74. The minimum absolute atomic E-state index is 0.00995. The molecule has 0 aliphatic heterocycles. The Morgan fingerprint density at radius 1 is 1.38 bits per heavy atom. The van der Waals surface area contributed by atoms with E-state index in [0.717, 1.165) is 12.8 Å². The Balaban J connectivity index is 1.91. The van der Waals surface area contributed by atoms with Gasteiger partial charge in [0, 0.05) is 12.2 Å². The second-order valence-electron chi connectivity index (χ2n) is 4.85. The van der Waals surface area contributed by atoms with Gasteiger partial charge in [0.25, 0.3) is 0 Å². The van der Waals surface area contributed by atoms with Crippen LogP contribution in [0.2, 0.25) is 0 Å². The molecule has 0 saturated heterocycles. The average Bonchev–Trinajstić information content (AvgIpc) is 3.20. The normalized spacial score (nSPS) is 15.0. The molecule has 0 unspecified atom stereocenters. The van der Waals surface area contributed by atoms with Gasteiger partial charge in [-0.3, -0.25) is 0 Å². The average molecular weight is 303 g/mol. The summed E-state index contributed by atoms with van der Waals surface area (Å²) in [6.45, 7) is 0.208. The van der Waals surface area contributed by atoms with Crippen LogP contribution in [0.1, 0.15) is 24.3 Å². The number of hydrogen-bond donors (Lipinski definition) is 0. The van der Waals surface area contributed by atoms with Crippen molar-refractivity contribution in [1.29, 1.82) is 5.26 Å². The smallest absolute Gasteiger partial charge is 0.245 e. The largest absolute Gasteiger partial charge is 0.468 e. The van der Waals surface area contributed by atoms with Gasteiger partial charge in [0.15, 0.2) is 0 Å². The van der Waals surface area contributed by atoms with Crippen LogP contribution >= 0.6 is 0 Å². The van der Waals surface area contributed by atoms with Crippen molar-refractivity contribution in [3.05, 3.63) is 48.2 Å². The van der Waals surface area contributed by atoms with Crippen molar-refractivity contribution >= 4 is 10.0 Å². The number of pyridine rings is 1. The third-order valence-corrected chi connectivity index (χ3v) is 5.19. The predicted octanol–water partition coefficient (Wildman–Crippen LogP) is 1.90. The summed E-state index contributed by atoms with van der Waals surface area (Å²) < 4.78 is 32.1. The van der Waals surface area contributed by atoms with Gasteiger partial charge in [-0.2, -0.15) is 9.57 Å². The first-order valence-corrected chi connectivity index (χ1v) is 7.95. The Bertz CT molecular complexity index is 757. The van der Waals surface area contributed by atoms with Gasteiger partial charge in [0.1, 0.15) is 22.4 Å². The van der Waals surface area contributed by atoms with Gasteiger partial charge in [0.05, 0.1) is 12.8 Å². The molecule has 0 amide bonds. The van der Waals surface area contributed by atoms with E-state index >= 15 is 0 Å². The van der Waals surface area contributed by atoms with E-state index in [9.17, 15) is 8.42 Å². The molecule has 108 valence electrons. The van der Waals surface area contributed by atoms with Gasteiger partial charge in [-0.05, 0) is 37.1 Å². The monoisotopic (exact) mass is 303 g/mol. The fraction of sp³-hybridized carbons (Fsp3) is 0.286. The molecule has 1 fully saturated rings. The molecule has 0 aromatic carbocycles. The number of furan rings is 1. The molecule has 0 bridgehead atoms. The molecule has 1 aliphatic carbocycles. The zero-order chi connectivity index (χ0) is 14.9. The van der Waals surface area contributed by atoms with E-state index < -0.39 is 10.0 Å². The summed E-state index contributed by atoms with van der Waals surface area (Å²) in [6, 6.07) is 8.19. The minimum atomic E-state index is -3.64. The summed E-state index contributed by atoms with van der Waals surface area (Å²) in [7, 11) is -3.64. The lowest BCUT2D eigenvalue weighted by molar-refractivity contribution is 0.356. The Morgan fingerprint density at radius 3 is 2.71 bits per heavy atom. The van der Waals surface area contributed by atoms with Gasteiger partial charge < -0.3 is 4.42 Å². The minimum Gasteiger partial charge on any atom is -0.468 e.